The molecule has 5 rings (SSSR count). The molecule has 0 radical (unpaired) electrons. The van der Waals surface area contributed by atoms with Crippen LogP contribution in [0.3, 0.4) is 0 Å². The van der Waals surface area contributed by atoms with Gasteiger partial charge in [0.25, 0.3) is 0 Å². The summed E-state index contributed by atoms with van der Waals surface area (Å²) < 4.78 is 5.84. The van der Waals surface area contributed by atoms with Crippen LogP contribution in [0.25, 0.3) is 0 Å². The molecule has 4 bridgehead atoms. The fraction of sp³-hybridized carbons (Fsp3) is 0.619. The summed E-state index contributed by atoms with van der Waals surface area (Å²) in [4.78, 5) is 25.7. The van der Waals surface area contributed by atoms with Crippen molar-refractivity contribution in [2.24, 2.45) is 23.2 Å². The van der Waals surface area contributed by atoms with E-state index in [1.54, 1.807) is 6.07 Å². The molecule has 4 aliphatic rings. The van der Waals surface area contributed by atoms with Crippen LogP contribution >= 0.6 is 27.5 Å². The second kappa shape index (κ2) is 7.40. The van der Waals surface area contributed by atoms with Gasteiger partial charge in [-0.15, -0.1) is 0 Å². The number of nitrogens with one attached hydrogen (secondary N) is 1. The highest BCUT2D eigenvalue weighted by Gasteiger charge is 2.55. The van der Waals surface area contributed by atoms with Gasteiger partial charge in [-0.25, -0.2) is 4.79 Å². The fourth-order valence-electron chi connectivity index (χ4n) is 5.96. The van der Waals surface area contributed by atoms with Gasteiger partial charge < -0.3 is 10.1 Å². The van der Waals surface area contributed by atoms with Crippen molar-refractivity contribution in [3.05, 3.63) is 33.3 Å². The van der Waals surface area contributed by atoms with Crippen LogP contribution in [0.15, 0.2) is 22.7 Å². The first-order valence-corrected chi connectivity index (χ1v) is 10.9. The van der Waals surface area contributed by atoms with Crippen LogP contribution in [-0.2, 0) is 20.7 Å². The van der Waals surface area contributed by atoms with E-state index in [9.17, 15) is 9.59 Å². The molecule has 4 aliphatic carbocycles. The lowest BCUT2D eigenvalue weighted by molar-refractivity contribution is -0.152. The molecular formula is C21H25BrClNO3. The van der Waals surface area contributed by atoms with Gasteiger partial charge in [0.1, 0.15) is 6.04 Å². The molecule has 4 fully saturated rings. The summed E-state index contributed by atoms with van der Waals surface area (Å²) in [5.74, 6) is 1.66. The molecular weight excluding hydrogens is 430 g/mol. The van der Waals surface area contributed by atoms with Gasteiger partial charge in [0.15, 0.2) is 0 Å². The average Bonchev–Trinajstić information content (AvgIpc) is 2.62. The van der Waals surface area contributed by atoms with Crippen LogP contribution in [0.1, 0.15) is 44.1 Å². The van der Waals surface area contributed by atoms with Crippen molar-refractivity contribution in [3.63, 3.8) is 0 Å². The van der Waals surface area contributed by atoms with Gasteiger partial charge in [-0.3, -0.25) is 4.79 Å². The van der Waals surface area contributed by atoms with Gasteiger partial charge in [0, 0.05) is 21.3 Å². The molecule has 0 spiro atoms. The van der Waals surface area contributed by atoms with Gasteiger partial charge in [0.2, 0.25) is 5.91 Å². The van der Waals surface area contributed by atoms with Gasteiger partial charge in [-0.2, -0.15) is 0 Å². The molecule has 0 aliphatic heterocycles. The Balaban J connectivity index is 1.53. The second-order valence-electron chi connectivity index (χ2n) is 8.69. The summed E-state index contributed by atoms with van der Waals surface area (Å²) in [6.45, 7) is 0. The minimum Gasteiger partial charge on any atom is -0.467 e. The lowest BCUT2D eigenvalue weighted by Gasteiger charge is -2.55. The third-order valence-corrected chi connectivity index (χ3v) is 7.75. The number of amides is 1. The van der Waals surface area contributed by atoms with Crippen LogP contribution in [0.2, 0.25) is 5.02 Å². The number of hydrogen-bond donors (Lipinski definition) is 1. The van der Waals surface area contributed by atoms with Crippen LogP contribution in [0.4, 0.5) is 0 Å². The predicted octanol–water partition coefficient (Wildman–Crippen LogP) is 4.52. The molecule has 4 saturated carbocycles. The molecule has 6 heteroatoms. The highest BCUT2D eigenvalue weighted by atomic mass is 79.9. The molecule has 0 unspecified atom stereocenters. The van der Waals surface area contributed by atoms with Crippen LogP contribution in [-0.4, -0.2) is 25.0 Å². The van der Waals surface area contributed by atoms with Crippen molar-refractivity contribution in [2.45, 2.75) is 51.0 Å². The molecule has 4 nitrogen and oxygen atoms in total. The van der Waals surface area contributed by atoms with E-state index in [-0.39, 0.29) is 11.3 Å². The van der Waals surface area contributed by atoms with Crippen molar-refractivity contribution in [1.29, 1.82) is 0 Å². The van der Waals surface area contributed by atoms with Gasteiger partial charge in [-0.1, -0.05) is 27.5 Å². The molecule has 1 aromatic rings. The first-order valence-electron chi connectivity index (χ1n) is 9.71. The minimum atomic E-state index is -0.703. The summed E-state index contributed by atoms with van der Waals surface area (Å²) in [5, 5.41) is 3.64. The Labute approximate surface area is 173 Å². The summed E-state index contributed by atoms with van der Waals surface area (Å²) in [5.41, 5.74) is 0.593. The molecule has 27 heavy (non-hydrogen) atoms. The van der Waals surface area contributed by atoms with Crippen LogP contribution in [0, 0.1) is 23.2 Å². The Bertz CT molecular complexity index is 731. The Kier molecular flexibility index (Phi) is 5.28. The Morgan fingerprint density at radius 1 is 1.22 bits per heavy atom. The fourth-order valence-corrected chi connectivity index (χ4v) is 6.56. The molecule has 146 valence electrons. The van der Waals surface area contributed by atoms with Gasteiger partial charge >= 0.3 is 5.97 Å². The molecule has 1 atom stereocenters. The maximum Gasteiger partial charge on any atom is 0.328 e. The largest absolute Gasteiger partial charge is 0.467 e. The molecule has 1 amide bonds. The standard InChI is InChI=1S/C21H25BrClNO3/c1-27-19(25)18(8-15-7-16(23)2-3-17(15)22)24-20(26)21-9-12-4-13(10-21)6-14(5-12)11-21/h2-3,7,12-14,18H,4-6,8-11H2,1H3,(H,24,26)/t12?,13?,14?,18-,21?/m0/s1. The summed E-state index contributed by atoms with van der Waals surface area (Å²) in [6.07, 6.45) is 7.11. The van der Waals surface area contributed by atoms with E-state index in [1.807, 2.05) is 12.1 Å². The third-order valence-electron chi connectivity index (χ3n) is 6.74. The smallest absolute Gasteiger partial charge is 0.328 e. The lowest BCUT2D eigenvalue weighted by Crippen LogP contribution is -2.56. The van der Waals surface area contributed by atoms with E-state index in [0.717, 1.165) is 29.3 Å². The maximum absolute atomic E-state index is 13.3. The van der Waals surface area contributed by atoms with Crippen LogP contribution < -0.4 is 5.32 Å². The van der Waals surface area contributed by atoms with Crippen molar-refractivity contribution in [2.75, 3.05) is 7.11 Å². The summed E-state index contributed by atoms with van der Waals surface area (Å²) in [6, 6.07) is 4.76. The van der Waals surface area contributed by atoms with Crippen molar-refractivity contribution >= 4 is 39.4 Å². The Hall–Kier alpha value is -1.07. The molecule has 1 N–H and O–H groups in total. The number of esters is 1. The quantitative estimate of drug-likeness (QED) is 0.666. The highest BCUT2D eigenvalue weighted by molar-refractivity contribution is 9.10. The first kappa shape index (κ1) is 19.3. The van der Waals surface area contributed by atoms with E-state index in [2.05, 4.69) is 21.2 Å². The average molecular weight is 455 g/mol. The molecule has 1 aromatic carbocycles. The zero-order valence-electron chi connectivity index (χ0n) is 15.5. The van der Waals surface area contributed by atoms with E-state index < -0.39 is 12.0 Å². The number of methoxy groups -OCH3 is 1. The first-order chi connectivity index (χ1) is 12.9. The number of ether oxygens (including phenoxy) is 1. The van der Waals surface area contributed by atoms with E-state index in [0.29, 0.717) is 29.2 Å². The van der Waals surface area contributed by atoms with Crippen molar-refractivity contribution in [3.8, 4) is 0 Å². The van der Waals surface area contributed by atoms with E-state index >= 15 is 0 Å². The number of hydrogen-bond acceptors (Lipinski definition) is 3. The molecule has 0 heterocycles. The number of rotatable bonds is 5. The van der Waals surface area contributed by atoms with E-state index in [1.165, 1.54) is 26.4 Å². The summed E-state index contributed by atoms with van der Waals surface area (Å²) >= 11 is 9.61. The molecule has 0 saturated heterocycles. The lowest BCUT2D eigenvalue weighted by atomic mass is 9.49. The van der Waals surface area contributed by atoms with Gasteiger partial charge in [-0.05, 0) is 80.0 Å². The highest BCUT2D eigenvalue weighted by Crippen LogP contribution is 2.60. The van der Waals surface area contributed by atoms with Crippen molar-refractivity contribution in [1.82, 2.24) is 5.32 Å². The maximum atomic E-state index is 13.3. The van der Waals surface area contributed by atoms with Gasteiger partial charge in [0.05, 0.1) is 7.11 Å². The number of carbonyl (C=O) groups is 2. The van der Waals surface area contributed by atoms with E-state index in [4.69, 9.17) is 16.3 Å². The third kappa shape index (κ3) is 3.77. The number of carbonyl (C=O) groups excluding carboxylic acids is 2. The Morgan fingerprint density at radius 2 is 1.81 bits per heavy atom. The zero-order chi connectivity index (χ0) is 19.2. The second-order valence-corrected chi connectivity index (χ2v) is 9.98. The minimum absolute atomic E-state index is 0.0372. The monoisotopic (exact) mass is 453 g/mol. The topological polar surface area (TPSA) is 55.4 Å². The SMILES string of the molecule is COC(=O)[C@H](Cc1cc(Cl)ccc1Br)NC(=O)C12CC3CC(CC(C3)C1)C2. The van der Waals surface area contributed by atoms with Crippen LogP contribution in [0.5, 0.6) is 0 Å². The Morgan fingerprint density at radius 3 is 2.37 bits per heavy atom. The summed E-state index contributed by atoms with van der Waals surface area (Å²) in [7, 11) is 1.36. The van der Waals surface area contributed by atoms with Crippen molar-refractivity contribution < 1.29 is 14.3 Å². The normalized spacial score (nSPS) is 32.2. The zero-order valence-corrected chi connectivity index (χ0v) is 17.8. The number of halogens is 2. The predicted molar refractivity (Wildman–Crippen MR) is 107 cm³/mol. The molecule has 0 aromatic heterocycles. The number of benzene rings is 1.